The number of likely N-dealkylation sites (N-methyl/N-ethyl adjacent to an activating group) is 1. The molecule has 0 aromatic heterocycles. The topological polar surface area (TPSA) is 82.2 Å². The number of ether oxygens (including phenoxy) is 1. The van der Waals surface area contributed by atoms with Crippen molar-refractivity contribution in [3.63, 3.8) is 0 Å². The van der Waals surface area contributed by atoms with Gasteiger partial charge in [0.2, 0.25) is 5.91 Å². The number of nitrogens with one attached hydrogen (secondary N) is 1. The van der Waals surface area contributed by atoms with Gasteiger partial charge in [0.15, 0.2) is 0 Å². The van der Waals surface area contributed by atoms with Gasteiger partial charge in [-0.1, -0.05) is 52.0 Å². The number of hydrogen-bond donors (Lipinski definition) is 1. The van der Waals surface area contributed by atoms with Crippen LogP contribution in [0.25, 0.3) is 0 Å². The Morgan fingerprint density at radius 3 is 2.31 bits per heavy atom. The normalized spacial score (nSPS) is 21.7. The summed E-state index contributed by atoms with van der Waals surface area (Å²) in [5.74, 6) is -0.274. The van der Waals surface area contributed by atoms with Crippen LogP contribution in [0.1, 0.15) is 65.1 Å². The molecule has 0 spiro atoms. The molecule has 2 heterocycles. The SMILES string of the molecule is CCOC(=O)C1=C(CN2CCN(C(=O)CC)[C@H](C)C2)N(C)C(=O)N[C@@H]1c1ccc(C(C)(C)C)cc1. The molecule has 2 atom stereocenters. The van der Waals surface area contributed by atoms with Crippen molar-refractivity contribution in [2.75, 3.05) is 39.8 Å². The number of rotatable bonds is 6. The number of nitrogens with zero attached hydrogens (tertiary/aromatic N) is 3. The highest BCUT2D eigenvalue weighted by atomic mass is 16.5. The van der Waals surface area contributed by atoms with Gasteiger partial charge in [-0.3, -0.25) is 14.6 Å². The van der Waals surface area contributed by atoms with Gasteiger partial charge in [0.05, 0.1) is 18.2 Å². The molecule has 2 aliphatic heterocycles. The van der Waals surface area contributed by atoms with E-state index >= 15 is 0 Å². The van der Waals surface area contributed by atoms with Gasteiger partial charge < -0.3 is 15.0 Å². The smallest absolute Gasteiger partial charge is 0.338 e. The zero-order valence-corrected chi connectivity index (χ0v) is 22.2. The predicted octanol–water partition coefficient (Wildman–Crippen LogP) is 3.44. The van der Waals surface area contributed by atoms with Crippen molar-refractivity contribution in [2.45, 2.75) is 65.5 Å². The van der Waals surface area contributed by atoms with E-state index in [4.69, 9.17) is 4.74 Å². The lowest BCUT2D eigenvalue weighted by molar-refractivity contribution is -0.139. The van der Waals surface area contributed by atoms with E-state index in [1.807, 2.05) is 43.0 Å². The number of piperazine rings is 1. The molecule has 2 aliphatic rings. The van der Waals surface area contributed by atoms with E-state index in [2.05, 4.69) is 31.0 Å². The average molecular weight is 485 g/mol. The highest BCUT2D eigenvalue weighted by Gasteiger charge is 2.38. The molecule has 0 saturated carbocycles. The van der Waals surface area contributed by atoms with Gasteiger partial charge >= 0.3 is 12.0 Å². The number of carbonyl (C=O) groups excluding carboxylic acids is 3. The van der Waals surface area contributed by atoms with E-state index < -0.39 is 12.0 Å². The standard InChI is InChI=1S/C27H40N4O4/c1-8-22(32)31-15-14-30(16-18(31)3)17-21-23(25(33)35-9-2)24(28-26(34)29(21)7)19-10-12-20(13-11-19)27(4,5)6/h10-13,18,24H,8-9,14-17H2,1-7H3,(H,28,34)/t18-,24-/m1/s1. The minimum atomic E-state index is -0.595. The second-order valence-corrected chi connectivity index (χ2v) is 10.4. The lowest BCUT2D eigenvalue weighted by atomic mass is 9.85. The third-order valence-corrected chi connectivity index (χ3v) is 6.89. The third-order valence-electron chi connectivity index (χ3n) is 6.89. The van der Waals surface area contributed by atoms with Gasteiger partial charge in [-0.25, -0.2) is 9.59 Å². The maximum absolute atomic E-state index is 13.2. The molecule has 35 heavy (non-hydrogen) atoms. The summed E-state index contributed by atoms with van der Waals surface area (Å²) in [6.45, 7) is 14.8. The second-order valence-electron chi connectivity index (χ2n) is 10.4. The monoisotopic (exact) mass is 484 g/mol. The Morgan fingerprint density at radius 2 is 1.77 bits per heavy atom. The minimum absolute atomic E-state index is 0.00245. The largest absolute Gasteiger partial charge is 0.463 e. The molecule has 1 saturated heterocycles. The first-order valence-electron chi connectivity index (χ1n) is 12.5. The van der Waals surface area contributed by atoms with E-state index in [9.17, 15) is 14.4 Å². The molecule has 3 amide bonds. The summed E-state index contributed by atoms with van der Waals surface area (Å²) in [5, 5.41) is 2.99. The summed E-state index contributed by atoms with van der Waals surface area (Å²) < 4.78 is 5.45. The lowest BCUT2D eigenvalue weighted by Gasteiger charge is -2.42. The summed E-state index contributed by atoms with van der Waals surface area (Å²) >= 11 is 0. The fourth-order valence-electron chi connectivity index (χ4n) is 4.79. The molecule has 3 rings (SSSR count). The van der Waals surface area contributed by atoms with Crippen molar-refractivity contribution >= 4 is 17.9 Å². The molecule has 192 valence electrons. The average Bonchev–Trinajstić information content (AvgIpc) is 2.81. The Hall–Kier alpha value is -2.87. The van der Waals surface area contributed by atoms with E-state index in [1.54, 1.807) is 14.0 Å². The Kier molecular flexibility index (Phi) is 8.26. The summed E-state index contributed by atoms with van der Waals surface area (Å²) in [5.41, 5.74) is 3.11. The van der Waals surface area contributed by atoms with Gasteiger partial charge in [-0.2, -0.15) is 0 Å². The third kappa shape index (κ3) is 5.86. The molecule has 0 unspecified atom stereocenters. The quantitative estimate of drug-likeness (QED) is 0.626. The first-order valence-corrected chi connectivity index (χ1v) is 12.5. The van der Waals surface area contributed by atoms with Crippen molar-refractivity contribution < 1.29 is 19.1 Å². The van der Waals surface area contributed by atoms with Crippen molar-refractivity contribution in [1.29, 1.82) is 0 Å². The maximum Gasteiger partial charge on any atom is 0.338 e. The van der Waals surface area contributed by atoms with Crippen molar-refractivity contribution in [2.24, 2.45) is 0 Å². The lowest BCUT2D eigenvalue weighted by Crippen LogP contribution is -2.56. The van der Waals surface area contributed by atoms with Crippen molar-refractivity contribution in [3.8, 4) is 0 Å². The second kappa shape index (κ2) is 10.8. The molecule has 1 aromatic rings. The number of benzene rings is 1. The van der Waals surface area contributed by atoms with E-state index in [1.165, 1.54) is 10.5 Å². The van der Waals surface area contributed by atoms with Crippen LogP contribution in [-0.4, -0.2) is 78.5 Å². The molecule has 0 radical (unpaired) electrons. The van der Waals surface area contributed by atoms with Crippen LogP contribution >= 0.6 is 0 Å². The van der Waals surface area contributed by atoms with Crippen LogP contribution in [0.2, 0.25) is 0 Å². The predicted molar refractivity (Wildman–Crippen MR) is 136 cm³/mol. The molecule has 0 bridgehead atoms. The molecule has 1 aromatic carbocycles. The van der Waals surface area contributed by atoms with Crippen LogP contribution in [0.15, 0.2) is 35.5 Å². The molecule has 8 nitrogen and oxygen atoms in total. The molecule has 1 N–H and O–H groups in total. The zero-order valence-electron chi connectivity index (χ0n) is 22.2. The number of amides is 3. The molecular weight excluding hydrogens is 444 g/mol. The van der Waals surface area contributed by atoms with Crippen LogP contribution < -0.4 is 5.32 Å². The Bertz CT molecular complexity index is 980. The fraction of sp³-hybridized carbons (Fsp3) is 0.593. The first-order chi connectivity index (χ1) is 16.5. The number of hydrogen-bond acceptors (Lipinski definition) is 5. The molecule has 1 fully saturated rings. The van der Waals surface area contributed by atoms with Crippen LogP contribution in [0, 0.1) is 0 Å². The van der Waals surface area contributed by atoms with E-state index in [0.717, 1.165) is 5.56 Å². The van der Waals surface area contributed by atoms with Crippen LogP contribution in [0.3, 0.4) is 0 Å². The van der Waals surface area contributed by atoms with Gasteiger partial charge in [0.1, 0.15) is 0 Å². The Morgan fingerprint density at radius 1 is 1.11 bits per heavy atom. The Balaban J connectivity index is 1.97. The summed E-state index contributed by atoms with van der Waals surface area (Å²) in [6, 6.07) is 7.26. The van der Waals surface area contributed by atoms with Crippen LogP contribution in [0.4, 0.5) is 4.79 Å². The van der Waals surface area contributed by atoms with Gasteiger partial charge in [0, 0.05) is 51.4 Å². The summed E-state index contributed by atoms with van der Waals surface area (Å²) in [6.07, 6.45) is 0.487. The van der Waals surface area contributed by atoms with Gasteiger partial charge in [-0.15, -0.1) is 0 Å². The van der Waals surface area contributed by atoms with Gasteiger partial charge in [0.25, 0.3) is 0 Å². The number of esters is 1. The van der Waals surface area contributed by atoms with Crippen molar-refractivity contribution in [3.05, 3.63) is 46.7 Å². The number of urea groups is 1. The van der Waals surface area contributed by atoms with Gasteiger partial charge in [-0.05, 0) is 30.4 Å². The summed E-state index contributed by atoms with van der Waals surface area (Å²) in [7, 11) is 1.68. The molecular formula is C27H40N4O4. The molecule has 8 heteroatoms. The number of carbonyl (C=O) groups is 3. The van der Waals surface area contributed by atoms with E-state index in [-0.39, 0.29) is 30.0 Å². The van der Waals surface area contributed by atoms with E-state index in [0.29, 0.717) is 43.9 Å². The fourth-order valence-corrected chi connectivity index (χ4v) is 4.79. The highest BCUT2D eigenvalue weighted by Crippen LogP contribution is 2.33. The highest BCUT2D eigenvalue weighted by molar-refractivity contribution is 5.95. The first kappa shape index (κ1) is 26.7. The summed E-state index contributed by atoms with van der Waals surface area (Å²) in [4.78, 5) is 44.1. The zero-order chi connectivity index (χ0) is 25.9. The van der Waals surface area contributed by atoms with Crippen molar-refractivity contribution in [1.82, 2.24) is 20.0 Å². The molecule has 0 aliphatic carbocycles. The van der Waals surface area contributed by atoms with Crippen LogP contribution in [-0.2, 0) is 19.7 Å². The van der Waals surface area contributed by atoms with Crippen LogP contribution in [0.5, 0.6) is 0 Å². The Labute approximate surface area is 209 Å². The minimum Gasteiger partial charge on any atom is -0.463 e. The maximum atomic E-state index is 13.2.